The zero-order valence-electron chi connectivity index (χ0n) is 10.5. The van der Waals surface area contributed by atoms with Gasteiger partial charge in [-0.25, -0.2) is 14.4 Å². The van der Waals surface area contributed by atoms with Gasteiger partial charge in [-0.2, -0.15) is 5.10 Å². The molecule has 2 heterocycles. The standard InChI is InChI=1S/C12H10BrClFN5/c1-19-6-16-11(18-19)5-20-10-2-7(13)8(15)3-9(10)17-12(20)4-14/h2-3,6H,4-5H2,1H3. The summed E-state index contributed by atoms with van der Waals surface area (Å²) in [5, 5.41) is 4.24. The fourth-order valence-electron chi connectivity index (χ4n) is 2.05. The number of rotatable bonds is 3. The highest BCUT2D eigenvalue weighted by molar-refractivity contribution is 9.10. The van der Waals surface area contributed by atoms with Crippen molar-refractivity contribution in [3.8, 4) is 0 Å². The Morgan fingerprint density at radius 3 is 2.85 bits per heavy atom. The minimum Gasteiger partial charge on any atom is -0.319 e. The van der Waals surface area contributed by atoms with Crippen LogP contribution in [0, 0.1) is 5.82 Å². The molecule has 104 valence electrons. The number of alkyl halides is 1. The highest BCUT2D eigenvalue weighted by Crippen LogP contribution is 2.25. The molecule has 3 rings (SSSR count). The molecule has 0 amide bonds. The predicted octanol–water partition coefficient (Wildman–Crippen LogP) is 2.85. The summed E-state index contributed by atoms with van der Waals surface area (Å²) >= 11 is 9.11. The Bertz CT molecular complexity index is 782. The van der Waals surface area contributed by atoms with E-state index in [-0.39, 0.29) is 11.7 Å². The Balaban J connectivity index is 2.14. The Morgan fingerprint density at radius 1 is 1.40 bits per heavy atom. The quantitative estimate of drug-likeness (QED) is 0.677. The second-order valence-electron chi connectivity index (χ2n) is 4.34. The molecule has 0 atom stereocenters. The van der Waals surface area contributed by atoms with Crippen molar-refractivity contribution in [2.75, 3.05) is 0 Å². The molecule has 0 radical (unpaired) electrons. The number of halogens is 3. The first-order chi connectivity index (χ1) is 9.58. The van der Waals surface area contributed by atoms with Crippen LogP contribution < -0.4 is 0 Å². The molecule has 0 bridgehead atoms. The van der Waals surface area contributed by atoms with E-state index in [4.69, 9.17) is 11.6 Å². The summed E-state index contributed by atoms with van der Waals surface area (Å²) in [7, 11) is 1.80. The fraction of sp³-hybridized carbons (Fsp3) is 0.250. The maximum atomic E-state index is 13.6. The topological polar surface area (TPSA) is 48.5 Å². The predicted molar refractivity (Wildman–Crippen MR) is 77.1 cm³/mol. The lowest BCUT2D eigenvalue weighted by atomic mass is 10.3. The molecule has 0 aliphatic carbocycles. The minimum atomic E-state index is -0.348. The van der Waals surface area contributed by atoms with Crippen LogP contribution in [0.4, 0.5) is 4.39 Å². The third-order valence-corrected chi connectivity index (χ3v) is 3.78. The molecule has 1 aromatic carbocycles. The monoisotopic (exact) mass is 357 g/mol. The highest BCUT2D eigenvalue weighted by Gasteiger charge is 2.14. The number of aryl methyl sites for hydroxylation is 1. The maximum Gasteiger partial charge on any atom is 0.170 e. The summed E-state index contributed by atoms with van der Waals surface area (Å²) < 4.78 is 17.5. The van der Waals surface area contributed by atoms with Gasteiger partial charge in [0.1, 0.15) is 18.0 Å². The maximum absolute atomic E-state index is 13.6. The molecule has 0 unspecified atom stereocenters. The molecule has 0 N–H and O–H groups in total. The van der Waals surface area contributed by atoms with E-state index < -0.39 is 0 Å². The van der Waals surface area contributed by atoms with Crippen LogP contribution in [-0.2, 0) is 19.5 Å². The van der Waals surface area contributed by atoms with Crippen LogP contribution in [0.5, 0.6) is 0 Å². The summed E-state index contributed by atoms with van der Waals surface area (Å²) in [6.07, 6.45) is 1.63. The number of aromatic nitrogens is 5. The Morgan fingerprint density at radius 2 is 2.20 bits per heavy atom. The van der Waals surface area contributed by atoms with Crippen molar-refractivity contribution in [2.45, 2.75) is 12.4 Å². The van der Waals surface area contributed by atoms with Crippen molar-refractivity contribution in [1.29, 1.82) is 0 Å². The van der Waals surface area contributed by atoms with Gasteiger partial charge in [0, 0.05) is 13.1 Å². The van der Waals surface area contributed by atoms with Crippen LogP contribution in [0.2, 0.25) is 0 Å². The van der Waals surface area contributed by atoms with E-state index in [9.17, 15) is 4.39 Å². The van der Waals surface area contributed by atoms with Gasteiger partial charge in [-0.15, -0.1) is 11.6 Å². The highest BCUT2D eigenvalue weighted by atomic mass is 79.9. The van der Waals surface area contributed by atoms with E-state index in [2.05, 4.69) is 31.0 Å². The lowest BCUT2D eigenvalue weighted by Gasteiger charge is -2.05. The SMILES string of the molecule is Cn1cnc(Cn2c(CCl)nc3cc(F)c(Br)cc32)n1. The van der Waals surface area contributed by atoms with Crippen LogP contribution in [0.25, 0.3) is 11.0 Å². The van der Waals surface area contributed by atoms with E-state index in [0.29, 0.717) is 28.2 Å². The second-order valence-corrected chi connectivity index (χ2v) is 5.46. The average Bonchev–Trinajstić information content (AvgIpc) is 2.96. The third kappa shape index (κ3) is 2.31. The number of fused-ring (bicyclic) bond motifs is 1. The molecule has 0 saturated carbocycles. The molecule has 2 aromatic heterocycles. The molecule has 0 saturated heterocycles. The first kappa shape index (κ1) is 13.5. The molecular formula is C12H10BrClFN5. The first-order valence-electron chi connectivity index (χ1n) is 5.83. The van der Waals surface area contributed by atoms with Gasteiger partial charge in [-0.3, -0.25) is 4.68 Å². The molecule has 0 spiro atoms. The van der Waals surface area contributed by atoms with E-state index in [1.165, 1.54) is 6.07 Å². The van der Waals surface area contributed by atoms with Crippen molar-refractivity contribution >= 4 is 38.6 Å². The van der Waals surface area contributed by atoms with Crippen LogP contribution in [0.1, 0.15) is 11.6 Å². The van der Waals surface area contributed by atoms with E-state index in [0.717, 1.165) is 5.52 Å². The van der Waals surface area contributed by atoms with Crippen molar-refractivity contribution in [3.63, 3.8) is 0 Å². The summed E-state index contributed by atoms with van der Waals surface area (Å²) in [6, 6.07) is 3.08. The van der Waals surface area contributed by atoms with Crippen LogP contribution in [-0.4, -0.2) is 24.3 Å². The van der Waals surface area contributed by atoms with E-state index >= 15 is 0 Å². The first-order valence-corrected chi connectivity index (χ1v) is 7.16. The zero-order valence-corrected chi connectivity index (χ0v) is 12.9. The van der Waals surface area contributed by atoms with Crippen molar-refractivity contribution in [1.82, 2.24) is 24.3 Å². The smallest absolute Gasteiger partial charge is 0.170 e. The number of hydrogen-bond acceptors (Lipinski definition) is 3. The number of nitrogens with zero attached hydrogens (tertiary/aromatic N) is 5. The molecule has 0 aliphatic rings. The van der Waals surface area contributed by atoms with Crippen molar-refractivity contribution in [2.24, 2.45) is 7.05 Å². The summed E-state index contributed by atoms with van der Waals surface area (Å²) in [5.41, 5.74) is 1.36. The average molecular weight is 359 g/mol. The molecule has 20 heavy (non-hydrogen) atoms. The number of benzene rings is 1. The van der Waals surface area contributed by atoms with Gasteiger partial charge in [0.2, 0.25) is 0 Å². The van der Waals surface area contributed by atoms with Gasteiger partial charge in [-0.1, -0.05) is 0 Å². The molecular weight excluding hydrogens is 349 g/mol. The Labute approximate surface area is 127 Å². The van der Waals surface area contributed by atoms with Gasteiger partial charge in [0.05, 0.1) is 27.9 Å². The van der Waals surface area contributed by atoms with Crippen LogP contribution in [0.3, 0.4) is 0 Å². The summed E-state index contributed by atoms with van der Waals surface area (Å²) in [6.45, 7) is 0.442. The molecule has 0 fully saturated rings. The summed E-state index contributed by atoms with van der Waals surface area (Å²) in [4.78, 5) is 8.53. The lowest BCUT2D eigenvalue weighted by Crippen LogP contribution is -2.06. The number of hydrogen-bond donors (Lipinski definition) is 0. The summed E-state index contributed by atoms with van der Waals surface area (Å²) in [5.74, 6) is 1.20. The molecule has 3 aromatic rings. The minimum absolute atomic E-state index is 0.237. The zero-order chi connectivity index (χ0) is 14.3. The molecule has 0 aliphatic heterocycles. The van der Waals surface area contributed by atoms with Gasteiger partial charge in [-0.05, 0) is 22.0 Å². The van der Waals surface area contributed by atoms with E-state index in [1.807, 2.05) is 4.57 Å². The largest absolute Gasteiger partial charge is 0.319 e. The van der Waals surface area contributed by atoms with Crippen molar-refractivity contribution < 1.29 is 4.39 Å². The third-order valence-electron chi connectivity index (χ3n) is 2.94. The lowest BCUT2D eigenvalue weighted by molar-refractivity contribution is 0.622. The Kier molecular flexibility index (Phi) is 3.47. The van der Waals surface area contributed by atoms with Crippen molar-refractivity contribution in [3.05, 3.63) is 40.4 Å². The van der Waals surface area contributed by atoms with Gasteiger partial charge in [0.25, 0.3) is 0 Å². The molecule has 5 nitrogen and oxygen atoms in total. The van der Waals surface area contributed by atoms with E-state index in [1.54, 1.807) is 24.1 Å². The van der Waals surface area contributed by atoms with Crippen LogP contribution in [0.15, 0.2) is 22.9 Å². The Hall–Kier alpha value is -1.47. The van der Waals surface area contributed by atoms with Gasteiger partial charge in [0.15, 0.2) is 5.82 Å². The molecule has 8 heteroatoms. The normalized spacial score (nSPS) is 11.4. The second kappa shape index (κ2) is 5.14. The van der Waals surface area contributed by atoms with Gasteiger partial charge < -0.3 is 4.57 Å². The fourth-order valence-corrected chi connectivity index (χ4v) is 2.58. The van der Waals surface area contributed by atoms with Gasteiger partial charge >= 0.3 is 0 Å². The van der Waals surface area contributed by atoms with Crippen LogP contribution >= 0.6 is 27.5 Å². The number of imidazole rings is 1.